The van der Waals surface area contributed by atoms with E-state index in [2.05, 4.69) is 13.8 Å². The van der Waals surface area contributed by atoms with Gasteiger partial charge in [-0.15, -0.1) is 0 Å². The van der Waals surface area contributed by atoms with Crippen LogP contribution < -0.4 is 0 Å². The second-order valence-corrected chi connectivity index (χ2v) is 18.9. The lowest BCUT2D eigenvalue weighted by molar-refractivity contribution is -0.336. The largest absolute Gasteiger partial charge is 0.458 e. The fraction of sp³-hybridized carbons (Fsp3) is 0.927. The van der Waals surface area contributed by atoms with Crippen molar-refractivity contribution in [2.45, 2.75) is 197 Å². The molecule has 4 aliphatic carbocycles. The van der Waals surface area contributed by atoms with Gasteiger partial charge >= 0.3 is 5.97 Å². The highest BCUT2D eigenvalue weighted by Gasteiger charge is 2.70. The molecule has 3 saturated heterocycles. The van der Waals surface area contributed by atoms with E-state index in [9.17, 15) is 35.4 Å². The van der Waals surface area contributed by atoms with Crippen LogP contribution in [-0.4, -0.2) is 135 Å². The zero-order valence-corrected chi connectivity index (χ0v) is 32.9. The van der Waals surface area contributed by atoms with E-state index in [0.717, 1.165) is 50.5 Å². The number of carbonyl (C=O) groups excluding carboxylic acids is 1. The summed E-state index contributed by atoms with van der Waals surface area (Å²) in [4.78, 5) is 12.0. The van der Waals surface area contributed by atoms with Crippen LogP contribution in [0, 0.1) is 34.5 Å². The number of ether oxygens (including phenoxy) is 7. The summed E-state index contributed by atoms with van der Waals surface area (Å²) in [6.45, 7) is 9.98. The lowest BCUT2D eigenvalue weighted by Crippen LogP contribution is -2.62. The van der Waals surface area contributed by atoms with Gasteiger partial charge in [0.2, 0.25) is 0 Å². The Morgan fingerprint density at radius 2 is 1.29 bits per heavy atom. The Morgan fingerprint density at radius 1 is 0.691 bits per heavy atom. The van der Waals surface area contributed by atoms with Crippen LogP contribution in [0.15, 0.2) is 11.6 Å². The number of hydrogen-bond donors (Lipinski definition) is 6. The molecule has 312 valence electrons. The van der Waals surface area contributed by atoms with Crippen molar-refractivity contribution in [1.29, 1.82) is 0 Å². The quantitative estimate of drug-likeness (QED) is 0.162. The predicted molar refractivity (Wildman–Crippen MR) is 193 cm³/mol. The first-order chi connectivity index (χ1) is 26.0. The van der Waals surface area contributed by atoms with E-state index in [1.165, 1.54) is 6.08 Å². The van der Waals surface area contributed by atoms with Crippen LogP contribution in [0.5, 0.6) is 0 Å². The summed E-state index contributed by atoms with van der Waals surface area (Å²) in [5.74, 6) is 0.174. The smallest absolute Gasteiger partial charge is 0.331 e. The highest BCUT2D eigenvalue weighted by Crippen LogP contribution is 2.70. The molecule has 0 amide bonds. The van der Waals surface area contributed by atoms with Gasteiger partial charge in [0, 0.05) is 43.1 Å². The topological polar surface area (TPSA) is 203 Å². The van der Waals surface area contributed by atoms with Crippen LogP contribution in [0.25, 0.3) is 0 Å². The Morgan fingerprint density at radius 3 is 1.87 bits per heavy atom. The Kier molecular flexibility index (Phi) is 11.1. The molecule has 55 heavy (non-hydrogen) atoms. The van der Waals surface area contributed by atoms with E-state index in [1.54, 1.807) is 13.8 Å². The maximum absolute atomic E-state index is 12.6. The minimum absolute atomic E-state index is 0.0203. The van der Waals surface area contributed by atoms with Gasteiger partial charge in [0.05, 0.1) is 54.4 Å². The van der Waals surface area contributed by atoms with Crippen LogP contribution in [0.4, 0.5) is 0 Å². The molecule has 4 heterocycles. The number of rotatable bonds is 7. The van der Waals surface area contributed by atoms with Gasteiger partial charge in [-0.25, -0.2) is 4.79 Å². The first-order valence-electron chi connectivity index (χ1n) is 20.9. The van der Waals surface area contributed by atoms with Crippen molar-refractivity contribution in [3.8, 4) is 0 Å². The normalized spacial score (nSPS) is 55.5. The Balaban J connectivity index is 0.834. The third-order valence-corrected chi connectivity index (χ3v) is 15.8. The summed E-state index contributed by atoms with van der Waals surface area (Å²) < 4.78 is 42.1. The zero-order valence-electron chi connectivity index (χ0n) is 32.9. The maximum atomic E-state index is 12.6. The minimum Gasteiger partial charge on any atom is -0.458 e. The molecule has 0 unspecified atom stereocenters. The van der Waals surface area contributed by atoms with Crippen molar-refractivity contribution in [2.75, 3.05) is 6.61 Å². The molecule has 6 N–H and O–H groups in total. The number of esters is 1. The molecule has 21 atom stereocenters. The number of carbonyl (C=O) groups is 1. The van der Waals surface area contributed by atoms with Gasteiger partial charge in [0.15, 0.2) is 18.9 Å². The fourth-order valence-corrected chi connectivity index (χ4v) is 12.9. The summed E-state index contributed by atoms with van der Waals surface area (Å²) in [5, 5.41) is 66.3. The Hall–Kier alpha value is -1.27. The van der Waals surface area contributed by atoms with Crippen LogP contribution in [-0.2, 0) is 38.0 Å². The number of aliphatic hydroxyl groups excluding tert-OH is 5. The first-order valence-corrected chi connectivity index (χ1v) is 20.9. The van der Waals surface area contributed by atoms with Gasteiger partial charge in [0.25, 0.3) is 0 Å². The summed E-state index contributed by atoms with van der Waals surface area (Å²) in [6.07, 6.45) is -1.26. The van der Waals surface area contributed by atoms with E-state index in [1.807, 2.05) is 6.92 Å². The van der Waals surface area contributed by atoms with Crippen LogP contribution in [0.1, 0.15) is 105 Å². The van der Waals surface area contributed by atoms with Crippen LogP contribution in [0.3, 0.4) is 0 Å². The van der Waals surface area contributed by atoms with Gasteiger partial charge in [0.1, 0.15) is 24.9 Å². The standard InChI is InChI=1S/C41H64O14/c1-19-36(47)27(42)14-33(50-19)54-38-21(3)52-34(16-29(38)44)55-37-20(2)51-32(15-28(37)43)53-24-8-10-39(4)23(13-24)6-7-26-25(39)9-11-40(5)35(22-12-31(46)49-18-22)30(45)17-41(26,40)48/h12,19-21,23-30,32-38,42-45,47-48H,6-11,13-18H2,1-5H3/t19-,20-,21-,23-,24+,25-,26-,27+,28+,29+,30+,32+,33+,34-,35+,36-,37+,38+,39+,40-,41+/m1/s1. The summed E-state index contributed by atoms with van der Waals surface area (Å²) in [5.41, 5.74) is -0.686. The molecular formula is C41H64O14. The van der Waals surface area contributed by atoms with Gasteiger partial charge in [-0.05, 0) is 94.5 Å². The molecule has 4 aliphatic heterocycles. The molecular weight excluding hydrogens is 716 g/mol. The molecule has 0 spiro atoms. The average molecular weight is 781 g/mol. The maximum Gasteiger partial charge on any atom is 0.331 e. The van der Waals surface area contributed by atoms with Crippen molar-refractivity contribution >= 4 is 5.97 Å². The number of aliphatic hydroxyl groups is 6. The summed E-state index contributed by atoms with van der Waals surface area (Å²) >= 11 is 0. The van der Waals surface area contributed by atoms with E-state index in [0.29, 0.717) is 18.3 Å². The molecule has 14 nitrogen and oxygen atoms in total. The number of fused-ring (bicyclic) bond motifs is 5. The fourth-order valence-electron chi connectivity index (χ4n) is 12.9. The van der Waals surface area contributed by atoms with Crippen molar-refractivity contribution in [1.82, 2.24) is 0 Å². The highest BCUT2D eigenvalue weighted by atomic mass is 16.7. The molecule has 0 aromatic heterocycles. The third kappa shape index (κ3) is 7.05. The summed E-state index contributed by atoms with van der Waals surface area (Å²) in [6, 6.07) is 0. The van der Waals surface area contributed by atoms with Gasteiger partial charge in [-0.1, -0.05) is 13.8 Å². The number of hydrogen-bond acceptors (Lipinski definition) is 14. The Bertz CT molecular complexity index is 1410. The molecule has 8 aliphatic rings. The van der Waals surface area contributed by atoms with Gasteiger partial charge in [-0.2, -0.15) is 0 Å². The molecule has 0 bridgehead atoms. The molecule has 8 rings (SSSR count). The van der Waals surface area contributed by atoms with E-state index in [-0.39, 0.29) is 55.2 Å². The molecule has 4 saturated carbocycles. The predicted octanol–water partition coefficient (Wildman–Crippen LogP) is 2.22. The van der Waals surface area contributed by atoms with Crippen molar-refractivity contribution in [2.24, 2.45) is 34.5 Å². The van der Waals surface area contributed by atoms with Gasteiger partial charge < -0.3 is 63.8 Å². The zero-order chi connectivity index (χ0) is 39.2. The monoisotopic (exact) mass is 780 g/mol. The first kappa shape index (κ1) is 40.5. The van der Waals surface area contributed by atoms with E-state index < -0.39 is 90.9 Å². The minimum atomic E-state index is -1.01. The molecule has 7 fully saturated rings. The lowest BCUT2D eigenvalue weighted by atomic mass is 9.43. The SMILES string of the molecule is C[C@H]1O[C@@H](O[C@@H]2[C@@H](O)C[C@@H](O[C@@H]3[C@@H](O)C[C@H](O[C@H]4CC[C@@]5(C)[C@H](CC[C@@H]6[C@H]5CC[C@]5(C)[C@@H](C7=CC(=O)OC7)[C@@H](O)C[C@]65O)C4)O[C@@H]3C)O[C@@H]2C)C[C@H](O)[C@@H]1O. The number of cyclic esters (lactones) is 1. The second kappa shape index (κ2) is 15.1. The van der Waals surface area contributed by atoms with Crippen molar-refractivity contribution in [3.63, 3.8) is 0 Å². The van der Waals surface area contributed by atoms with E-state index >= 15 is 0 Å². The van der Waals surface area contributed by atoms with Crippen LogP contribution >= 0.6 is 0 Å². The molecule has 0 aromatic rings. The molecule has 0 radical (unpaired) electrons. The van der Waals surface area contributed by atoms with Crippen molar-refractivity contribution in [3.05, 3.63) is 11.6 Å². The summed E-state index contributed by atoms with van der Waals surface area (Å²) in [7, 11) is 0. The van der Waals surface area contributed by atoms with Crippen molar-refractivity contribution < 1.29 is 68.6 Å². The Labute approximate surface area is 323 Å². The molecule has 0 aromatic carbocycles. The van der Waals surface area contributed by atoms with Crippen LogP contribution in [0.2, 0.25) is 0 Å². The van der Waals surface area contributed by atoms with Gasteiger partial charge in [-0.3, -0.25) is 0 Å². The third-order valence-electron chi connectivity index (χ3n) is 15.8. The second-order valence-electron chi connectivity index (χ2n) is 18.9. The highest BCUT2D eigenvalue weighted by molar-refractivity contribution is 5.85. The average Bonchev–Trinajstić information content (AvgIpc) is 3.62. The lowest BCUT2D eigenvalue weighted by Gasteiger charge is -2.63. The van der Waals surface area contributed by atoms with E-state index in [4.69, 9.17) is 33.2 Å². The molecule has 14 heteroatoms.